The predicted octanol–water partition coefficient (Wildman–Crippen LogP) is 1.94. The highest BCUT2D eigenvalue weighted by Crippen LogP contribution is 2.28. The standard InChI is InChI=1S/C21H24N4O4/c1-15(26)22-16-7-9-17(10-8-16)23-20(27)21(28)25-13-11-24(12-14-25)18-5-3-4-6-19(18)29-2/h3-10H,11-14H2,1-2H3,(H,22,26)(H,23,27). The molecule has 1 heterocycles. The lowest BCUT2D eigenvalue weighted by Gasteiger charge is -2.36. The van der Waals surface area contributed by atoms with Gasteiger partial charge in [0.25, 0.3) is 0 Å². The molecule has 0 bridgehead atoms. The summed E-state index contributed by atoms with van der Waals surface area (Å²) in [5.74, 6) is -0.629. The van der Waals surface area contributed by atoms with Crippen molar-refractivity contribution in [2.24, 2.45) is 0 Å². The van der Waals surface area contributed by atoms with Crippen LogP contribution >= 0.6 is 0 Å². The number of piperazine rings is 1. The maximum atomic E-state index is 12.5. The molecule has 0 saturated carbocycles. The molecular formula is C21H24N4O4. The first-order valence-electron chi connectivity index (χ1n) is 9.34. The van der Waals surface area contributed by atoms with Gasteiger partial charge in [0.2, 0.25) is 5.91 Å². The average Bonchev–Trinajstić information content (AvgIpc) is 2.74. The lowest BCUT2D eigenvalue weighted by molar-refractivity contribution is -0.143. The fourth-order valence-corrected chi connectivity index (χ4v) is 3.21. The molecule has 3 rings (SSSR count). The van der Waals surface area contributed by atoms with Gasteiger partial charge in [-0.15, -0.1) is 0 Å². The van der Waals surface area contributed by atoms with Crippen LogP contribution in [-0.2, 0) is 14.4 Å². The van der Waals surface area contributed by atoms with Crippen molar-refractivity contribution in [1.29, 1.82) is 0 Å². The largest absolute Gasteiger partial charge is 0.495 e. The summed E-state index contributed by atoms with van der Waals surface area (Å²) in [6, 6.07) is 14.3. The molecule has 29 heavy (non-hydrogen) atoms. The van der Waals surface area contributed by atoms with Crippen LogP contribution in [0.1, 0.15) is 6.92 Å². The number of carbonyl (C=O) groups excluding carboxylic acids is 3. The van der Waals surface area contributed by atoms with Crippen LogP contribution in [0, 0.1) is 0 Å². The quantitative estimate of drug-likeness (QED) is 0.771. The van der Waals surface area contributed by atoms with Gasteiger partial charge in [-0.2, -0.15) is 0 Å². The molecule has 1 aliphatic rings. The van der Waals surface area contributed by atoms with E-state index in [1.54, 1.807) is 36.3 Å². The van der Waals surface area contributed by atoms with Crippen molar-refractivity contribution >= 4 is 34.8 Å². The number of rotatable bonds is 4. The van der Waals surface area contributed by atoms with E-state index in [0.29, 0.717) is 37.6 Å². The van der Waals surface area contributed by atoms with Crippen molar-refractivity contribution in [2.45, 2.75) is 6.92 Å². The molecule has 0 atom stereocenters. The van der Waals surface area contributed by atoms with Gasteiger partial charge < -0.3 is 25.2 Å². The number of hydrogen-bond acceptors (Lipinski definition) is 5. The molecule has 0 radical (unpaired) electrons. The molecule has 0 aromatic heterocycles. The molecule has 8 nitrogen and oxygen atoms in total. The van der Waals surface area contributed by atoms with Gasteiger partial charge in [-0.25, -0.2) is 0 Å². The van der Waals surface area contributed by atoms with E-state index < -0.39 is 11.8 Å². The van der Waals surface area contributed by atoms with Gasteiger partial charge in [-0.3, -0.25) is 14.4 Å². The molecule has 0 unspecified atom stereocenters. The highest BCUT2D eigenvalue weighted by molar-refractivity contribution is 6.39. The SMILES string of the molecule is COc1ccccc1N1CCN(C(=O)C(=O)Nc2ccc(NC(C)=O)cc2)CC1. The Labute approximate surface area is 169 Å². The van der Waals surface area contributed by atoms with Crippen molar-refractivity contribution in [3.63, 3.8) is 0 Å². The molecule has 8 heteroatoms. The molecule has 3 amide bonds. The van der Waals surface area contributed by atoms with E-state index in [1.165, 1.54) is 6.92 Å². The predicted molar refractivity (Wildman–Crippen MR) is 111 cm³/mol. The summed E-state index contributed by atoms with van der Waals surface area (Å²) in [6.07, 6.45) is 0. The number of anilines is 3. The molecule has 2 N–H and O–H groups in total. The van der Waals surface area contributed by atoms with Crippen LogP contribution in [0.15, 0.2) is 48.5 Å². The summed E-state index contributed by atoms with van der Waals surface area (Å²) in [4.78, 5) is 39.6. The lowest BCUT2D eigenvalue weighted by Crippen LogP contribution is -2.51. The number of benzene rings is 2. The lowest BCUT2D eigenvalue weighted by atomic mass is 10.2. The summed E-state index contributed by atoms with van der Waals surface area (Å²) in [6.45, 7) is 3.55. The van der Waals surface area contributed by atoms with E-state index in [-0.39, 0.29) is 5.91 Å². The topological polar surface area (TPSA) is 91.0 Å². The molecule has 1 fully saturated rings. The zero-order chi connectivity index (χ0) is 20.8. The van der Waals surface area contributed by atoms with Crippen molar-refractivity contribution < 1.29 is 19.1 Å². The summed E-state index contributed by atoms with van der Waals surface area (Å²) in [5.41, 5.74) is 2.09. The van der Waals surface area contributed by atoms with Crippen molar-refractivity contribution in [3.05, 3.63) is 48.5 Å². The molecular weight excluding hydrogens is 372 g/mol. The highest BCUT2D eigenvalue weighted by atomic mass is 16.5. The third-order valence-electron chi connectivity index (χ3n) is 4.65. The fraction of sp³-hybridized carbons (Fsp3) is 0.286. The third-order valence-corrected chi connectivity index (χ3v) is 4.65. The van der Waals surface area contributed by atoms with Crippen LogP contribution in [0.5, 0.6) is 5.75 Å². The second-order valence-electron chi connectivity index (χ2n) is 6.66. The first-order valence-corrected chi connectivity index (χ1v) is 9.34. The molecule has 1 saturated heterocycles. The fourth-order valence-electron chi connectivity index (χ4n) is 3.21. The Morgan fingerprint density at radius 3 is 2.03 bits per heavy atom. The zero-order valence-electron chi connectivity index (χ0n) is 16.5. The molecule has 0 spiro atoms. The molecule has 1 aliphatic heterocycles. The second kappa shape index (κ2) is 9.09. The van der Waals surface area contributed by atoms with Crippen LogP contribution in [0.2, 0.25) is 0 Å². The number of nitrogens with one attached hydrogen (secondary N) is 2. The second-order valence-corrected chi connectivity index (χ2v) is 6.66. The van der Waals surface area contributed by atoms with E-state index in [1.807, 2.05) is 24.3 Å². The monoisotopic (exact) mass is 396 g/mol. The van der Waals surface area contributed by atoms with Crippen molar-refractivity contribution in [1.82, 2.24) is 4.90 Å². The van der Waals surface area contributed by atoms with E-state index >= 15 is 0 Å². The summed E-state index contributed by atoms with van der Waals surface area (Å²) in [5, 5.41) is 5.25. The summed E-state index contributed by atoms with van der Waals surface area (Å²) < 4.78 is 5.40. The van der Waals surface area contributed by atoms with Crippen molar-refractivity contribution in [2.75, 3.05) is 48.8 Å². The maximum Gasteiger partial charge on any atom is 0.313 e. The van der Waals surface area contributed by atoms with E-state index in [2.05, 4.69) is 15.5 Å². The Balaban J connectivity index is 1.54. The number of nitrogens with zero attached hydrogens (tertiary/aromatic N) is 2. The zero-order valence-corrected chi connectivity index (χ0v) is 16.5. The van der Waals surface area contributed by atoms with E-state index in [4.69, 9.17) is 4.74 Å². The first kappa shape index (κ1) is 20.2. The number of para-hydroxylation sites is 2. The number of hydrogen-bond donors (Lipinski definition) is 2. The first-order chi connectivity index (χ1) is 14.0. The van der Waals surface area contributed by atoms with Crippen LogP contribution in [-0.4, -0.2) is 55.9 Å². The van der Waals surface area contributed by atoms with Gasteiger partial charge in [0.15, 0.2) is 0 Å². The minimum atomic E-state index is -0.678. The number of methoxy groups -OCH3 is 1. The number of amides is 3. The summed E-state index contributed by atoms with van der Waals surface area (Å²) in [7, 11) is 1.63. The number of ether oxygens (including phenoxy) is 1. The normalized spacial score (nSPS) is 13.6. The Hall–Kier alpha value is -3.55. The van der Waals surface area contributed by atoms with Gasteiger partial charge in [-0.05, 0) is 36.4 Å². The smallest absolute Gasteiger partial charge is 0.313 e. The Bertz CT molecular complexity index is 890. The van der Waals surface area contributed by atoms with E-state index in [9.17, 15) is 14.4 Å². The number of carbonyl (C=O) groups is 3. The van der Waals surface area contributed by atoms with Gasteiger partial charge >= 0.3 is 11.8 Å². The third kappa shape index (κ3) is 5.04. The van der Waals surface area contributed by atoms with Gasteiger partial charge in [0.05, 0.1) is 12.8 Å². The van der Waals surface area contributed by atoms with Crippen LogP contribution in [0.25, 0.3) is 0 Å². The Morgan fingerprint density at radius 1 is 0.862 bits per heavy atom. The molecule has 0 aliphatic carbocycles. The summed E-state index contributed by atoms with van der Waals surface area (Å²) >= 11 is 0. The Kier molecular flexibility index (Phi) is 6.33. The van der Waals surface area contributed by atoms with E-state index in [0.717, 1.165) is 11.4 Å². The average molecular weight is 396 g/mol. The molecule has 2 aromatic carbocycles. The highest BCUT2D eigenvalue weighted by Gasteiger charge is 2.27. The minimum absolute atomic E-state index is 0.177. The Morgan fingerprint density at radius 2 is 1.45 bits per heavy atom. The van der Waals surface area contributed by atoms with Crippen LogP contribution < -0.4 is 20.3 Å². The van der Waals surface area contributed by atoms with Gasteiger partial charge in [-0.1, -0.05) is 12.1 Å². The minimum Gasteiger partial charge on any atom is -0.495 e. The van der Waals surface area contributed by atoms with Crippen LogP contribution in [0.3, 0.4) is 0 Å². The van der Waals surface area contributed by atoms with Crippen LogP contribution in [0.4, 0.5) is 17.1 Å². The van der Waals surface area contributed by atoms with Crippen molar-refractivity contribution in [3.8, 4) is 5.75 Å². The van der Waals surface area contributed by atoms with Gasteiger partial charge in [0, 0.05) is 44.5 Å². The van der Waals surface area contributed by atoms with Gasteiger partial charge in [0.1, 0.15) is 5.75 Å². The maximum absolute atomic E-state index is 12.5. The molecule has 2 aromatic rings. The molecule has 152 valence electrons.